The summed E-state index contributed by atoms with van der Waals surface area (Å²) < 4.78 is 1.48. The number of nitrogens with zero attached hydrogens (tertiary/aromatic N) is 2. The van der Waals surface area contributed by atoms with E-state index < -0.39 is 6.04 Å². The molecule has 0 aliphatic rings. The van der Waals surface area contributed by atoms with Crippen molar-refractivity contribution in [3.05, 3.63) is 40.6 Å². The van der Waals surface area contributed by atoms with E-state index in [-0.39, 0.29) is 5.91 Å². The second-order valence-corrected chi connectivity index (χ2v) is 4.88. The molecule has 100 valence electrons. The van der Waals surface area contributed by atoms with Gasteiger partial charge in [0.2, 0.25) is 5.91 Å². The predicted molar refractivity (Wildman–Crippen MR) is 76.4 cm³/mol. The van der Waals surface area contributed by atoms with Gasteiger partial charge in [0.25, 0.3) is 0 Å². The number of halogens is 2. The fourth-order valence-corrected chi connectivity index (χ4v) is 1.78. The summed E-state index contributed by atoms with van der Waals surface area (Å²) in [6, 6.07) is 4.43. The summed E-state index contributed by atoms with van der Waals surface area (Å²) in [7, 11) is 0. The molecule has 1 aromatic heterocycles. The predicted octanol–water partition coefficient (Wildman–Crippen LogP) is 2.97. The maximum absolute atomic E-state index is 12.0. The van der Waals surface area contributed by atoms with E-state index in [0.29, 0.717) is 21.4 Å². The summed E-state index contributed by atoms with van der Waals surface area (Å²) in [5, 5.41) is 7.65. The van der Waals surface area contributed by atoms with Crippen molar-refractivity contribution >= 4 is 40.5 Å². The Morgan fingerprint density at radius 1 is 1.47 bits per heavy atom. The molecule has 0 aliphatic carbocycles. The van der Waals surface area contributed by atoms with Crippen molar-refractivity contribution < 1.29 is 4.79 Å². The monoisotopic (exact) mass is 298 g/mol. The van der Waals surface area contributed by atoms with Crippen molar-refractivity contribution in [1.82, 2.24) is 9.78 Å². The normalized spacial score (nSPS) is 12.2. The number of benzene rings is 1. The van der Waals surface area contributed by atoms with E-state index in [0.717, 1.165) is 0 Å². The number of aromatic nitrogens is 2. The van der Waals surface area contributed by atoms with E-state index in [1.54, 1.807) is 31.3 Å². The van der Waals surface area contributed by atoms with Crippen LogP contribution in [0.1, 0.15) is 13.0 Å². The Labute approximate surface area is 120 Å². The number of nitrogens with two attached hydrogens (primary N) is 1. The molecule has 0 saturated heterocycles. The maximum Gasteiger partial charge on any atom is 0.248 e. The van der Waals surface area contributed by atoms with E-state index in [9.17, 15) is 4.79 Å². The third-order valence-electron chi connectivity index (χ3n) is 2.61. The van der Waals surface area contributed by atoms with Crippen LogP contribution in [0.5, 0.6) is 0 Å². The Kier molecular flexibility index (Phi) is 3.97. The van der Waals surface area contributed by atoms with Crippen LogP contribution in [0.15, 0.2) is 30.6 Å². The number of nitrogens with one attached hydrogen (secondary N) is 1. The van der Waals surface area contributed by atoms with Crippen LogP contribution >= 0.6 is 23.2 Å². The Bertz CT molecular complexity index is 612. The molecule has 2 rings (SSSR count). The van der Waals surface area contributed by atoms with Gasteiger partial charge in [0, 0.05) is 11.9 Å². The van der Waals surface area contributed by atoms with Crippen LogP contribution in [0.25, 0.3) is 0 Å². The highest BCUT2D eigenvalue weighted by Gasteiger charge is 2.16. The number of hydrogen-bond donors (Lipinski definition) is 2. The Balaban J connectivity index is 2.10. The molecule has 0 radical (unpaired) electrons. The molecule has 0 bridgehead atoms. The summed E-state index contributed by atoms with van der Waals surface area (Å²) in [5.74, 6) is -0.221. The van der Waals surface area contributed by atoms with E-state index in [4.69, 9.17) is 28.9 Å². The zero-order valence-electron chi connectivity index (χ0n) is 10.1. The van der Waals surface area contributed by atoms with Gasteiger partial charge in [-0.1, -0.05) is 23.2 Å². The number of rotatable bonds is 3. The molecule has 1 atom stereocenters. The fourth-order valence-electron chi connectivity index (χ4n) is 1.51. The van der Waals surface area contributed by atoms with Crippen molar-refractivity contribution in [2.75, 3.05) is 11.1 Å². The van der Waals surface area contributed by atoms with Crippen molar-refractivity contribution in [2.45, 2.75) is 13.0 Å². The number of carbonyl (C=O) groups is 1. The van der Waals surface area contributed by atoms with E-state index in [1.807, 2.05) is 0 Å². The smallest absolute Gasteiger partial charge is 0.248 e. The first kappa shape index (κ1) is 13.7. The molecule has 3 N–H and O–H groups in total. The third-order valence-corrected chi connectivity index (χ3v) is 3.15. The van der Waals surface area contributed by atoms with Crippen molar-refractivity contribution in [1.29, 1.82) is 0 Å². The summed E-state index contributed by atoms with van der Waals surface area (Å²) in [5.41, 5.74) is 6.66. The molecule has 0 saturated carbocycles. The summed E-state index contributed by atoms with van der Waals surface area (Å²) in [6.45, 7) is 1.72. The van der Waals surface area contributed by atoms with Crippen LogP contribution in [0, 0.1) is 0 Å². The van der Waals surface area contributed by atoms with Crippen LogP contribution in [0.3, 0.4) is 0 Å². The standard InChI is InChI=1S/C12H12Cl2N4O/c1-7(18-6-8(13)5-16-18)12(19)17-9-2-3-10(14)11(15)4-9/h2-7H,15H2,1H3,(H,17,19). The summed E-state index contributed by atoms with van der Waals surface area (Å²) >= 11 is 11.6. The highest BCUT2D eigenvalue weighted by atomic mass is 35.5. The van der Waals surface area contributed by atoms with Gasteiger partial charge in [0.15, 0.2) is 0 Å². The summed E-state index contributed by atoms with van der Waals surface area (Å²) in [6.07, 6.45) is 3.06. The molecule has 0 aliphatic heterocycles. The van der Waals surface area contributed by atoms with Crippen molar-refractivity contribution in [3.63, 3.8) is 0 Å². The molecular weight excluding hydrogens is 287 g/mol. The van der Waals surface area contributed by atoms with Crippen molar-refractivity contribution in [2.24, 2.45) is 0 Å². The number of carbonyl (C=O) groups excluding carboxylic acids is 1. The number of amides is 1. The molecule has 1 unspecified atom stereocenters. The second-order valence-electron chi connectivity index (χ2n) is 4.04. The zero-order chi connectivity index (χ0) is 14.0. The van der Waals surface area contributed by atoms with Crippen LogP contribution in [-0.4, -0.2) is 15.7 Å². The molecule has 5 nitrogen and oxygen atoms in total. The first-order chi connectivity index (χ1) is 8.97. The molecule has 1 amide bonds. The number of nitrogen functional groups attached to an aromatic ring is 1. The minimum Gasteiger partial charge on any atom is -0.397 e. The quantitative estimate of drug-likeness (QED) is 0.856. The lowest BCUT2D eigenvalue weighted by Crippen LogP contribution is -2.24. The molecule has 1 aromatic carbocycles. The van der Waals surface area contributed by atoms with Crippen LogP contribution in [0.4, 0.5) is 11.4 Å². The first-order valence-electron chi connectivity index (χ1n) is 5.53. The lowest BCUT2D eigenvalue weighted by Gasteiger charge is -2.13. The minimum absolute atomic E-state index is 0.221. The zero-order valence-corrected chi connectivity index (χ0v) is 11.6. The molecule has 0 fully saturated rings. The van der Waals surface area contributed by atoms with Gasteiger partial charge in [-0.3, -0.25) is 9.48 Å². The van der Waals surface area contributed by atoms with E-state index in [2.05, 4.69) is 10.4 Å². The second kappa shape index (κ2) is 5.50. The molecule has 19 heavy (non-hydrogen) atoms. The van der Waals surface area contributed by atoms with Crippen molar-refractivity contribution in [3.8, 4) is 0 Å². The minimum atomic E-state index is -0.482. The lowest BCUT2D eigenvalue weighted by atomic mass is 10.2. The molecule has 0 spiro atoms. The van der Waals surface area contributed by atoms with E-state index >= 15 is 0 Å². The molecule has 2 aromatic rings. The maximum atomic E-state index is 12.0. The lowest BCUT2D eigenvalue weighted by molar-refractivity contribution is -0.119. The average molecular weight is 299 g/mol. The number of hydrogen-bond acceptors (Lipinski definition) is 3. The van der Waals surface area contributed by atoms with Gasteiger partial charge in [0.05, 0.1) is 21.9 Å². The molecule has 1 heterocycles. The fraction of sp³-hybridized carbons (Fsp3) is 0.167. The van der Waals surface area contributed by atoms with Gasteiger partial charge in [-0.2, -0.15) is 5.10 Å². The number of anilines is 2. The van der Waals surface area contributed by atoms with Gasteiger partial charge < -0.3 is 11.1 Å². The highest BCUT2D eigenvalue weighted by Crippen LogP contribution is 2.23. The molecule has 7 heteroatoms. The van der Waals surface area contributed by atoms with Gasteiger partial charge >= 0.3 is 0 Å². The van der Waals surface area contributed by atoms with Crippen LogP contribution in [0.2, 0.25) is 10.0 Å². The topological polar surface area (TPSA) is 72.9 Å². The van der Waals surface area contributed by atoms with Crippen LogP contribution < -0.4 is 11.1 Å². The highest BCUT2D eigenvalue weighted by molar-refractivity contribution is 6.33. The summed E-state index contributed by atoms with van der Waals surface area (Å²) in [4.78, 5) is 12.0. The SMILES string of the molecule is CC(C(=O)Nc1ccc(Cl)c(N)c1)n1cc(Cl)cn1. The van der Waals surface area contributed by atoms with E-state index in [1.165, 1.54) is 10.9 Å². The average Bonchev–Trinajstić information content (AvgIpc) is 2.79. The van der Waals surface area contributed by atoms with Gasteiger partial charge in [0.1, 0.15) is 6.04 Å². The Morgan fingerprint density at radius 2 is 2.21 bits per heavy atom. The third kappa shape index (κ3) is 3.19. The van der Waals surface area contributed by atoms with Gasteiger partial charge in [-0.05, 0) is 25.1 Å². The Morgan fingerprint density at radius 3 is 2.79 bits per heavy atom. The Hall–Kier alpha value is -1.72. The molecular formula is C12H12Cl2N4O. The van der Waals surface area contributed by atoms with Gasteiger partial charge in [-0.15, -0.1) is 0 Å². The largest absolute Gasteiger partial charge is 0.397 e. The van der Waals surface area contributed by atoms with Gasteiger partial charge in [-0.25, -0.2) is 0 Å². The van der Waals surface area contributed by atoms with Crippen LogP contribution in [-0.2, 0) is 4.79 Å². The first-order valence-corrected chi connectivity index (χ1v) is 6.28.